The fourth-order valence-corrected chi connectivity index (χ4v) is 7.24. The van der Waals surface area contributed by atoms with E-state index in [9.17, 15) is 9.90 Å². The average molecular weight is 773 g/mol. The third-order valence-electron chi connectivity index (χ3n) is 10.9. The highest BCUT2D eigenvalue weighted by atomic mass is 16.6. The molecule has 0 aliphatic carbocycles. The monoisotopic (exact) mass is 773 g/mol. The number of unbranched alkanes of at least 4 members (excludes halogenated alkanes) is 32. The van der Waals surface area contributed by atoms with E-state index in [0.29, 0.717) is 19.6 Å². The molecule has 4 heteroatoms. The van der Waals surface area contributed by atoms with Crippen molar-refractivity contribution in [2.45, 2.75) is 264 Å². The van der Waals surface area contributed by atoms with Crippen molar-refractivity contribution >= 4 is 5.97 Å². The van der Waals surface area contributed by atoms with E-state index < -0.39 is 6.10 Å². The first-order valence-electron chi connectivity index (χ1n) is 24.6. The molecule has 0 aliphatic rings. The van der Waals surface area contributed by atoms with Gasteiger partial charge < -0.3 is 14.6 Å². The number of allylic oxidation sites excluding steroid dienone is 6. The zero-order chi connectivity index (χ0) is 39.8. The van der Waals surface area contributed by atoms with Crippen molar-refractivity contribution in [2.75, 3.05) is 19.8 Å². The number of esters is 1. The van der Waals surface area contributed by atoms with Gasteiger partial charge in [0.25, 0.3) is 0 Å². The Morgan fingerprint density at radius 2 is 0.764 bits per heavy atom. The number of aliphatic hydroxyl groups is 1. The highest BCUT2D eigenvalue weighted by Crippen LogP contribution is 2.15. The SMILES string of the molecule is CCCCCCC/C=C\C/C=C\CCCCCCCCCCCCCCCCOCC(CO)OC(=O)CCCCCCCCC/C=C\CCCCCCCC. The molecule has 0 heterocycles. The summed E-state index contributed by atoms with van der Waals surface area (Å²) in [6, 6.07) is 0. The quantitative estimate of drug-likeness (QED) is 0.0380. The van der Waals surface area contributed by atoms with Gasteiger partial charge in [0.15, 0.2) is 0 Å². The molecule has 0 spiro atoms. The molecule has 0 saturated heterocycles. The molecule has 1 atom stereocenters. The normalized spacial score (nSPS) is 12.6. The highest BCUT2D eigenvalue weighted by molar-refractivity contribution is 5.69. The summed E-state index contributed by atoms with van der Waals surface area (Å²) >= 11 is 0. The molecule has 0 rings (SSSR count). The van der Waals surface area contributed by atoms with Crippen molar-refractivity contribution in [3.05, 3.63) is 36.5 Å². The Labute approximate surface area is 344 Å². The molecule has 1 unspecified atom stereocenters. The molecule has 1 N–H and O–H groups in total. The second-order valence-electron chi connectivity index (χ2n) is 16.5. The zero-order valence-electron chi connectivity index (χ0n) is 37.2. The van der Waals surface area contributed by atoms with Crippen LogP contribution in [0.15, 0.2) is 36.5 Å². The molecule has 0 aromatic carbocycles. The van der Waals surface area contributed by atoms with E-state index in [2.05, 4.69) is 50.3 Å². The van der Waals surface area contributed by atoms with Gasteiger partial charge in [-0.15, -0.1) is 0 Å². The number of rotatable bonds is 46. The van der Waals surface area contributed by atoms with Crippen LogP contribution in [0.5, 0.6) is 0 Å². The van der Waals surface area contributed by atoms with Crippen molar-refractivity contribution in [2.24, 2.45) is 0 Å². The van der Waals surface area contributed by atoms with Crippen LogP contribution in [0.4, 0.5) is 0 Å². The van der Waals surface area contributed by atoms with Gasteiger partial charge in [-0.25, -0.2) is 0 Å². The Morgan fingerprint density at radius 3 is 1.15 bits per heavy atom. The van der Waals surface area contributed by atoms with Gasteiger partial charge >= 0.3 is 5.97 Å². The summed E-state index contributed by atoms with van der Waals surface area (Å²) in [5.74, 6) is -0.202. The molecular formula is C51H96O4. The third-order valence-corrected chi connectivity index (χ3v) is 10.9. The molecule has 4 nitrogen and oxygen atoms in total. The van der Waals surface area contributed by atoms with Crippen molar-refractivity contribution in [3.63, 3.8) is 0 Å². The maximum absolute atomic E-state index is 12.2. The van der Waals surface area contributed by atoms with Crippen LogP contribution in [0.3, 0.4) is 0 Å². The van der Waals surface area contributed by atoms with E-state index >= 15 is 0 Å². The van der Waals surface area contributed by atoms with Crippen molar-refractivity contribution < 1.29 is 19.4 Å². The summed E-state index contributed by atoms with van der Waals surface area (Å²) in [4.78, 5) is 12.2. The molecule has 0 aromatic rings. The Bertz CT molecular complexity index is 818. The van der Waals surface area contributed by atoms with Crippen molar-refractivity contribution in [3.8, 4) is 0 Å². The van der Waals surface area contributed by atoms with Gasteiger partial charge in [-0.05, 0) is 70.6 Å². The van der Waals surface area contributed by atoms with Crippen LogP contribution >= 0.6 is 0 Å². The standard InChI is InChI=1S/C51H96O4/c1-3-5-7-9-11-13-15-17-19-21-22-23-24-25-26-27-28-29-31-33-35-37-39-41-43-45-47-54-49-50(48-52)55-51(53)46-44-42-40-38-36-34-32-30-20-18-16-14-12-10-8-6-4-2/h15,17-18,20-22,50,52H,3-14,16,19,23-49H2,1-2H3/b17-15-,20-18-,22-21-. The molecule has 0 radical (unpaired) electrons. The zero-order valence-corrected chi connectivity index (χ0v) is 37.2. The van der Waals surface area contributed by atoms with Gasteiger partial charge in [0.1, 0.15) is 6.10 Å². The lowest BCUT2D eigenvalue weighted by Crippen LogP contribution is -2.27. The van der Waals surface area contributed by atoms with Crippen LogP contribution in [-0.2, 0) is 14.3 Å². The topological polar surface area (TPSA) is 55.8 Å². The summed E-state index contributed by atoms with van der Waals surface area (Å²) < 4.78 is 11.2. The smallest absolute Gasteiger partial charge is 0.306 e. The van der Waals surface area contributed by atoms with E-state index in [-0.39, 0.29) is 12.6 Å². The van der Waals surface area contributed by atoms with Gasteiger partial charge in [-0.2, -0.15) is 0 Å². The minimum Gasteiger partial charge on any atom is -0.457 e. The molecular weight excluding hydrogens is 677 g/mol. The first kappa shape index (κ1) is 53.6. The number of hydrogen-bond acceptors (Lipinski definition) is 4. The second kappa shape index (κ2) is 48.8. The molecule has 0 aromatic heterocycles. The van der Waals surface area contributed by atoms with Gasteiger partial charge in [0, 0.05) is 13.0 Å². The summed E-state index contributed by atoms with van der Waals surface area (Å²) in [6.07, 6.45) is 62.3. The fraction of sp³-hybridized carbons (Fsp3) is 0.863. The van der Waals surface area contributed by atoms with Crippen molar-refractivity contribution in [1.29, 1.82) is 0 Å². The summed E-state index contributed by atoms with van der Waals surface area (Å²) in [5, 5.41) is 9.63. The minimum atomic E-state index is -0.535. The number of hydrogen-bond donors (Lipinski definition) is 1. The molecule has 0 amide bonds. The second-order valence-corrected chi connectivity index (χ2v) is 16.5. The van der Waals surface area contributed by atoms with Gasteiger partial charge in [0.05, 0.1) is 13.2 Å². The average Bonchev–Trinajstić information content (AvgIpc) is 3.19. The van der Waals surface area contributed by atoms with Gasteiger partial charge in [-0.3, -0.25) is 4.79 Å². The Kier molecular flexibility index (Phi) is 47.5. The Balaban J connectivity index is 3.38. The van der Waals surface area contributed by atoms with Crippen LogP contribution in [0.25, 0.3) is 0 Å². The first-order valence-corrected chi connectivity index (χ1v) is 24.6. The van der Waals surface area contributed by atoms with E-state index in [1.165, 1.54) is 212 Å². The maximum atomic E-state index is 12.2. The largest absolute Gasteiger partial charge is 0.457 e. The number of aliphatic hydroxyl groups excluding tert-OH is 1. The van der Waals surface area contributed by atoms with E-state index in [1.807, 2.05) is 0 Å². The fourth-order valence-electron chi connectivity index (χ4n) is 7.24. The van der Waals surface area contributed by atoms with Crippen LogP contribution in [-0.4, -0.2) is 37.0 Å². The highest BCUT2D eigenvalue weighted by Gasteiger charge is 2.13. The molecule has 0 bridgehead atoms. The molecule has 55 heavy (non-hydrogen) atoms. The van der Waals surface area contributed by atoms with Crippen LogP contribution < -0.4 is 0 Å². The molecule has 324 valence electrons. The Hall–Kier alpha value is -1.39. The summed E-state index contributed by atoms with van der Waals surface area (Å²) in [5.41, 5.74) is 0. The molecule has 0 saturated carbocycles. The lowest BCUT2D eigenvalue weighted by Gasteiger charge is -2.16. The van der Waals surface area contributed by atoms with E-state index in [4.69, 9.17) is 9.47 Å². The molecule has 0 aliphatic heterocycles. The predicted molar refractivity (Wildman–Crippen MR) is 242 cm³/mol. The lowest BCUT2D eigenvalue weighted by atomic mass is 10.0. The Morgan fingerprint density at radius 1 is 0.436 bits per heavy atom. The lowest BCUT2D eigenvalue weighted by molar-refractivity contribution is -0.154. The third kappa shape index (κ3) is 46.9. The number of carbonyl (C=O) groups is 1. The predicted octanol–water partition coefficient (Wildman–Crippen LogP) is 16.4. The van der Waals surface area contributed by atoms with Crippen LogP contribution in [0.1, 0.15) is 258 Å². The summed E-state index contributed by atoms with van der Waals surface area (Å²) in [7, 11) is 0. The minimum absolute atomic E-state index is 0.171. The number of carbonyl (C=O) groups excluding carboxylic acids is 1. The van der Waals surface area contributed by atoms with Gasteiger partial charge in [0.2, 0.25) is 0 Å². The maximum Gasteiger partial charge on any atom is 0.306 e. The van der Waals surface area contributed by atoms with Gasteiger partial charge in [-0.1, -0.05) is 217 Å². The van der Waals surface area contributed by atoms with Crippen molar-refractivity contribution in [1.82, 2.24) is 0 Å². The van der Waals surface area contributed by atoms with Crippen LogP contribution in [0, 0.1) is 0 Å². The van der Waals surface area contributed by atoms with E-state index in [1.54, 1.807) is 0 Å². The summed E-state index contributed by atoms with van der Waals surface area (Å²) in [6.45, 7) is 5.36. The first-order chi connectivity index (χ1) is 27.2. The van der Waals surface area contributed by atoms with E-state index in [0.717, 1.165) is 25.7 Å². The van der Waals surface area contributed by atoms with Crippen LogP contribution in [0.2, 0.25) is 0 Å². The molecule has 0 fully saturated rings. The number of ether oxygens (including phenoxy) is 2.